The number of benzene rings is 4. The van der Waals surface area contributed by atoms with Crippen LogP contribution in [0.5, 0.6) is 23.0 Å². The van der Waals surface area contributed by atoms with Crippen LogP contribution < -0.4 is 0 Å². The van der Waals surface area contributed by atoms with E-state index < -0.39 is 23.9 Å². The summed E-state index contributed by atoms with van der Waals surface area (Å²) >= 11 is 0. The maximum Gasteiger partial charge on any atom is 0.339 e. The Bertz CT molecular complexity index is 2930. The first-order chi connectivity index (χ1) is 48.7. The van der Waals surface area contributed by atoms with Crippen LogP contribution >= 0.6 is 0 Å². The lowest BCUT2D eigenvalue weighted by atomic mass is 9.99. The average Bonchev–Trinajstić information content (AvgIpc) is 0.879. The highest BCUT2D eigenvalue weighted by atomic mass is 16.4. The number of rotatable bonds is 55. The molecule has 4 aromatic carbocycles. The molecule has 0 aliphatic heterocycles. The molecular formula is C88H132O12. The smallest absolute Gasteiger partial charge is 0.339 e. The van der Waals surface area contributed by atoms with Gasteiger partial charge in [0.05, 0.1) is 0 Å². The molecule has 0 unspecified atom stereocenters. The quantitative estimate of drug-likeness (QED) is 0.0152. The second-order valence-electron chi connectivity index (χ2n) is 26.4. The van der Waals surface area contributed by atoms with E-state index in [1.165, 1.54) is 198 Å². The number of hydrogen-bond acceptors (Lipinski definition) is 8. The molecule has 0 aliphatic rings. The zero-order valence-corrected chi connectivity index (χ0v) is 62.0. The van der Waals surface area contributed by atoms with E-state index in [9.17, 15) is 60.0 Å². The van der Waals surface area contributed by atoms with Gasteiger partial charge in [-0.2, -0.15) is 0 Å². The fourth-order valence-corrected chi connectivity index (χ4v) is 12.0. The highest BCUT2D eigenvalue weighted by molar-refractivity contribution is 5.94. The summed E-state index contributed by atoms with van der Waals surface area (Å²) in [6.45, 7) is 10.4. The predicted molar refractivity (Wildman–Crippen MR) is 417 cm³/mol. The van der Waals surface area contributed by atoms with E-state index in [0.29, 0.717) is 19.3 Å². The molecule has 0 heterocycles. The van der Waals surface area contributed by atoms with Gasteiger partial charge in [-0.15, -0.1) is 6.58 Å². The highest BCUT2D eigenvalue weighted by Crippen LogP contribution is 2.27. The van der Waals surface area contributed by atoms with Gasteiger partial charge in [-0.3, -0.25) is 0 Å². The largest absolute Gasteiger partial charge is 0.507 e. The molecule has 100 heavy (non-hydrogen) atoms. The molecule has 4 rings (SSSR count). The topological polar surface area (TPSA) is 230 Å². The molecule has 0 bridgehead atoms. The van der Waals surface area contributed by atoms with E-state index >= 15 is 0 Å². The highest BCUT2D eigenvalue weighted by Gasteiger charge is 2.18. The lowest BCUT2D eigenvalue weighted by Gasteiger charge is -2.08. The molecule has 4 aromatic rings. The van der Waals surface area contributed by atoms with Crippen LogP contribution in [0, 0.1) is 0 Å². The summed E-state index contributed by atoms with van der Waals surface area (Å²) in [6, 6.07) is 19.8. The van der Waals surface area contributed by atoms with Crippen molar-refractivity contribution in [3.8, 4) is 23.0 Å². The van der Waals surface area contributed by atoms with Gasteiger partial charge in [0.15, 0.2) is 0 Å². The molecule has 8 N–H and O–H groups in total. The first-order valence-corrected chi connectivity index (χ1v) is 38.7. The summed E-state index contributed by atoms with van der Waals surface area (Å²) in [6.07, 6.45) is 76.3. The fraction of sp³-hybridized carbons (Fsp3) is 0.545. The van der Waals surface area contributed by atoms with Gasteiger partial charge in [0.2, 0.25) is 0 Å². The average molecular weight is 1380 g/mol. The van der Waals surface area contributed by atoms with Crippen molar-refractivity contribution in [2.45, 2.75) is 310 Å². The number of allylic oxidation sites excluding steroid dienone is 11. The zero-order valence-electron chi connectivity index (χ0n) is 62.0. The first kappa shape index (κ1) is 90.4. The number of aromatic hydroxyl groups is 4. The summed E-state index contributed by atoms with van der Waals surface area (Å²) in [4.78, 5) is 44.8. The van der Waals surface area contributed by atoms with E-state index in [0.717, 1.165) is 119 Å². The van der Waals surface area contributed by atoms with Crippen molar-refractivity contribution >= 4 is 23.9 Å². The number of carbonyl (C=O) groups is 4. The van der Waals surface area contributed by atoms with E-state index in [1.807, 2.05) is 12.1 Å². The maximum absolute atomic E-state index is 11.2. The Balaban J connectivity index is 0.000000667. The molecule has 0 saturated heterocycles. The van der Waals surface area contributed by atoms with Crippen LogP contribution in [0.25, 0.3) is 0 Å². The molecule has 12 heteroatoms. The number of hydrogen-bond donors (Lipinski definition) is 8. The minimum Gasteiger partial charge on any atom is -0.507 e. The Kier molecular flexibility index (Phi) is 57.5. The third-order valence-electron chi connectivity index (χ3n) is 17.7. The lowest BCUT2D eigenvalue weighted by molar-refractivity contribution is 0.0681. The van der Waals surface area contributed by atoms with Crippen molar-refractivity contribution in [3.05, 3.63) is 191 Å². The molecule has 0 aliphatic carbocycles. The van der Waals surface area contributed by atoms with Gasteiger partial charge in [-0.1, -0.05) is 297 Å². The van der Waals surface area contributed by atoms with Crippen LogP contribution in [0.15, 0.2) is 146 Å². The normalized spacial score (nSPS) is 11.3. The fourth-order valence-electron chi connectivity index (χ4n) is 12.0. The van der Waals surface area contributed by atoms with Gasteiger partial charge in [0, 0.05) is 0 Å². The van der Waals surface area contributed by atoms with E-state index in [4.69, 9.17) is 0 Å². The van der Waals surface area contributed by atoms with Crippen molar-refractivity contribution in [2.24, 2.45) is 0 Å². The number of carboxylic acid groups (broad SMARTS) is 4. The number of aryl methyl sites for hydroxylation is 4. The molecule has 0 aromatic heterocycles. The molecule has 556 valence electrons. The number of unbranched alkanes of at least 4 members (excludes halogenated alkanes) is 32. The van der Waals surface area contributed by atoms with Crippen LogP contribution in [-0.2, 0) is 25.7 Å². The summed E-state index contributed by atoms with van der Waals surface area (Å²) in [5.41, 5.74) is 3.17. The molecule has 0 saturated carbocycles. The number of phenols is 4. The van der Waals surface area contributed by atoms with Crippen molar-refractivity contribution in [1.29, 1.82) is 0 Å². The Labute approximate surface area is 604 Å². The van der Waals surface area contributed by atoms with Crippen molar-refractivity contribution in [3.63, 3.8) is 0 Å². The standard InChI is InChI=1S/C22H36O3.C22H34O3.C22H32O3.C22H30O3/c4*1-2-3-4-5-6-7-8-9-10-11-12-13-14-16-19-17-15-18-20(23)21(19)22(24)25/h15,17-18,23H,2-14,16H2,1H3,(H,24,25);7-8,15,17-18,23H,2-6,9-14,16H2,1H3,(H,24,25);4-5,7-8,15,17-18,23H,2-3,6,9-14,16H2,1H3,(H,24,25);2,4-5,7-8,15,17-18,23H,1,3,6,9-14,16H2,(H,24,25)/b;8-7-;2*5-4-,8-7-. The SMILES string of the molecule is C=CC/C=C\C/C=C\CCCCCCCc1cccc(O)c1C(=O)O.CCC/C=C\C/C=C\CCCCCCCc1cccc(O)c1C(=O)O.CCCCCC/C=C\CCCCCCCc1cccc(O)c1C(=O)O.CCCCCCCCCCCCCCCc1cccc(O)c1C(=O)O. The number of aromatic carboxylic acids is 4. The minimum atomic E-state index is -1.06. The number of carboxylic acids is 4. The molecule has 0 spiro atoms. The van der Waals surface area contributed by atoms with Crippen molar-refractivity contribution in [1.82, 2.24) is 0 Å². The van der Waals surface area contributed by atoms with Crippen LogP contribution in [0.3, 0.4) is 0 Å². The Morgan fingerprint density at radius 1 is 0.270 bits per heavy atom. The summed E-state index contributed by atoms with van der Waals surface area (Å²) in [5.74, 6) is -4.73. The second kappa shape index (κ2) is 63.6. The molecule has 0 radical (unpaired) electrons. The van der Waals surface area contributed by atoms with E-state index in [1.54, 1.807) is 42.5 Å². The summed E-state index contributed by atoms with van der Waals surface area (Å²) in [7, 11) is 0. The second-order valence-corrected chi connectivity index (χ2v) is 26.4. The van der Waals surface area contributed by atoms with E-state index in [-0.39, 0.29) is 45.3 Å². The summed E-state index contributed by atoms with van der Waals surface area (Å²) in [5, 5.41) is 75.4. The van der Waals surface area contributed by atoms with Gasteiger partial charge in [0.25, 0.3) is 0 Å². The lowest BCUT2D eigenvalue weighted by Crippen LogP contribution is -2.03. The third kappa shape index (κ3) is 46.7. The van der Waals surface area contributed by atoms with Gasteiger partial charge in [-0.05, 0) is 175 Å². The molecule has 12 nitrogen and oxygen atoms in total. The van der Waals surface area contributed by atoms with Crippen LogP contribution in [0.2, 0.25) is 0 Å². The molecule has 0 atom stereocenters. The Hall–Kier alpha value is -7.60. The van der Waals surface area contributed by atoms with Crippen LogP contribution in [-0.4, -0.2) is 64.7 Å². The van der Waals surface area contributed by atoms with Crippen molar-refractivity contribution < 1.29 is 60.0 Å². The predicted octanol–water partition coefficient (Wildman–Crippen LogP) is 25.6. The van der Waals surface area contributed by atoms with Gasteiger partial charge < -0.3 is 40.9 Å². The Morgan fingerprint density at radius 3 is 0.730 bits per heavy atom. The molecular weight excluding hydrogens is 1250 g/mol. The zero-order chi connectivity index (χ0) is 73.3. The minimum absolute atomic E-state index is 0.0507. The first-order valence-electron chi connectivity index (χ1n) is 38.7. The monoisotopic (exact) mass is 1380 g/mol. The van der Waals surface area contributed by atoms with Gasteiger partial charge >= 0.3 is 23.9 Å². The van der Waals surface area contributed by atoms with Gasteiger partial charge in [-0.25, -0.2) is 19.2 Å². The Morgan fingerprint density at radius 2 is 0.480 bits per heavy atom. The van der Waals surface area contributed by atoms with Crippen LogP contribution in [0.4, 0.5) is 0 Å². The third-order valence-corrected chi connectivity index (χ3v) is 17.7. The summed E-state index contributed by atoms with van der Waals surface area (Å²) < 4.78 is 0. The molecule has 0 amide bonds. The molecule has 0 fully saturated rings. The maximum atomic E-state index is 11.2. The van der Waals surface area contributed by atoms with Gasteiger partial charge in [0.1, 0.15) is 45.3 Å². The van der Waals surface area contributed by atoms with E-state index in [2.05, 4.69) is 88.1 Å². The van der Waals surface area contributed by atoms with Crippen molar-refractivity contribution in [2.75, 3.05) is 0 Å². The van der Waals surface area contributed by atoms with Crippen LogP contribution in [0.1, 0.15) is 348 Å².